The molecule has 2 rings (SSSR count). The van der Waals surface area contributed by atoms with Crippen LogP contribution in [0.25, 0.3) is 0 Å². The molecule has 21 heavy (non-hydrogen) atoms. The van der Waals surface area contributed by atoms with Crippen molar-refractivity contribution in [3.05, 3.63) is 39.0 Å². The SMILES string of the molecule is COc1ccc(NS(=O)(=O)c2csc(C(=O)O)c2)cc1Br. The van der Waals surface area contributed by atoms with Gasteiger partial charge in [-0.3, -0.25) is 4.72 Å². The molecule has 0 fully saturated rings. The van der Waals surface area contributed by atoms with Crippen molar-refractivity contribution >= 4 is 48.9 Å². The predicted molar refractivity (Wildman–Crippen MR) is 82.8 cm³/mol. The topological polar surface area (TPSA) is 92.7 Å². The van der Waals surface area contributed by atoms with Crippen molar-refractivity contribution in [2.24, 2.45) is 0 Å². The summed E-state index contributed by atoms with van der Waals surface area (Å²) in [5, 5.41) is 10.1. The zero-order valence-corrected chi connectivity index (χ0v) is 13.9. The lowest BCUT2D eigenvalue weighted by atomic mass is 10.3. The van der Waals surface area contributed by atoms with Gasteiger partial charge in [0.15, 0.2) is 0 Å². The number of nitrogens with one attached hydrogen (secondary N) is 1. The van der Waals surface area contributed by atoms with Gasteiger partial charge >= 0.3 is 5.97 Å². The number of carbonyl (C=O) groups is 1. The number of methoxy groups -OCH3 is 1. The first-order valence-electron chi connectivity index (χ1n) is 5.51. The summed E-state index contributed by atoms with van der Waals surface area (Å²) in [6.45, 7) is 0. The lowest BCUT2D eigenvalue weighted by Gasteiger charge is -2.09. The number of aromatic carboxylic acids is 1. The number of rotatable bonds is 5. The molecule has 1 heterocycles. The van der Waals surface area contributed by atoms with Crippen LogP contribution in [0, 0.1) is 0 Å². The van der Waals surface area contributed by atoms with Crippen LogP contribution < -0.4 is 9.46 Å². The normalized spacial score (nSPS) is 11.1. The molecule has 0 saturated carbocycles. The molecule has 0 amide bonds. The summed E-state index contributed by atoms with van der Waals surface area (Å²) in [5.41, 5.74) is 0.339. The van der Waals surface area contributed by atoms with Gasteiger partial charge in [0.05, 0.1) is 22.2 Å². The maximum atomic E-state index is 12.2. The molecule has 2 aromatic rings. The number of halogens is 1. The van der Waals surface area contributed by atoms with Crippen LogP contribution in [-0.4, -0.2) is 26.6 Å². The van der Waals surface area contributed by atoms with Crippen LogP contribution >= 0.6 is 27.3 Å². The minimum absolute atomic E-state index is 0.0358. The largest absolute Gasteiger partial charge is 0.496 e. The van der Waals surface area contributed by atoms with E-state index in [1.54, 1.807) is 18.2 Å². The summed E-state index contributed by atoms with van der Waals surface area (Å²) in [7, 11) is -2.32. The molecule has 1 aromatic heterocycles. The molecule has 9 heteroatoms. The fourth-order valence-corrected chi connectivity index (χ4v) is 4.22. The van der Waals surface area contributed by atoms with Gasteiger partial charge in [0.1, 0.15) is 10.6 Å². The van der Waals surface area contributed by atoms with Gasteiger partial charge in [0, 0.05) is 5.38 Å². The highest BCUT2D eigenvalue weighted by atomic mass is 79.9. The molecule has 0 spiro atoms. The van der Waals surface area contributed by atoms with Crippen LogP contribution in [0.5, 0.6) is 5.75 Å². The number of benzene rings is 1. The number of carboxylic acids is 1. The second kappa shape index (κ2) is 6.04. The number of ether oxygens (including phenoxy) is 1. The van der Waals surface area contributed by atoms with E-state index in [1.165, 1.54) is 12.5 Å². The van der Waals surface area contributed by atoms with Gasteiger partial charge in [-0.05, 0) is 40.2 Å². The molecular formula is C12H10BrNO5S2. The van der Waals surface area contributed by atoms with Gasteiger partial charge in [-0.2, -0.15) is 0 Å². The summed E-state index contributed by atoms with van der Waals surface area (Å²) in [6, 6.07) is 5.83. The Morgan fingerprint density at radius 1 is 1.38 bits per heavy atom. The predicted octanol–water partition coefficient (Wildman–Crippen LogP) is 3.02. The molecule has 0 saturated heterocycles. The lowest BCUT2D eigenvalue weighted by Crippen LogP contribution is -2.12. The van der Waals surface area contributed by atoms with Gasteiger partial charge in [0.2, 0.25) is 0 Å². The molecule has 0 unspecified atom stereocenters. The molecule has 0 radical (unpaired) electrons. The fourth-order valence-electron chi connectivity index (χ4n) is 1.52. The molecule has 0 aliphatic rings. The van der Waals surface area contributed by atoms with E-state index < -0.39 is 16.0 Å². The smallest absolute Gasteiger partial charge is 0.345 e. The minimum atomic E-state index is -3.83. The second-order valence-electron chi connectivity index (χ2n) is 3.91. The number of hydrogen-bond donors (Lipinski definition) is 2. The molecule has 0 aliphatic heterocycles. The average Bonchev–Trinajstić information content (AvgIpc) is 2.89. The van der Waals surface area contributed by atoms with E-state index in [0.29, 0.717) is 15.9 Å². The Morgan fingerprint density at radius 2 is 2.10 bits per heavy atom. The second-order valence-corrected chi connectivity index (χ2v) is 7.35. The molecule has 2 N–H and O–H groups in total. The molecule has 0 bridgehead atoms. The first-order chi connectivity index (χ1) is 9.83. The molecule has 1 aromatic carbocycles. The molecular weight excluding hydrogens is 382 g/mol. The Bertz CT molecular complexity index is 785. The summed E-state index contributed by atoms with van der Waals surface area (Å²) < 4.78 is 32.4. The minimum Gasteiger partial charge on any atom is -0.496 e. The van der Waals surface area contributed by atoms with Crippen LogP contribution in [0.1, 0.15) is 9.67 Å². The Kier molecular flexibility index (Phi) is 4.55. The van der Waals surface area contributed by atoms with Gasteiger partial charge in [0.25, 0.3) is 10.0 Å². The van der Waals surface area contributed by atoms with E-state index in [2.05, 4.69) is 20.7 Å². The average molecular weight is 392 g/mol. The fraction of sp³-hybridized carbons (Fsp3) is 0.0833. The monoisotopic (exact) mass is 391 g/mol. The highest BCUT2D eigenvalue weighted by Gasteiger charge is 2.19. The van der Waals surface area contributed by atoms with Crippen molar-refractivity contribution < 1.29 is 23.1 Å². The number of carboxylic acid groups (broad SMARTS) is 1. The summed E-state index contributed by atoms with van der Waals surface area (Å²) >= 11 is 4.12. The van der Waals surface area contributed by atoms with E-state index in [0.717, 1.165) is 17.4 Å². The van der Waals surface area contributed by atoms with E-state index in [1.807, 2.05) is 0 Å². The van der Waals surface area contributed by atoms with E-state index in [-0.39, 0.29) is 9.77 Å². The number of thiophene rings is 1. The van der Waals surface area contributed by atoms with Crippen LogP contribution in [0.15, 0.2) is 39.0 Å². The molecule has 112 valence electrons. The third-order valence-electron chi connectivity index (χ3n) is 2.50. The third-order valence-corrected chi connectivity index (χ3v) is 5.55. The summed E-state index contributed by atoms with van der Waals surface area (Å²) in [6.07, 6.45) is 0. The standard InChI is InChI=1S/C12H10BrNO5S2/c1-19-10-3-2-7(4-9(10)13)14-21(17,18)8-5-11(12(15)16)20-6-8/h2-6,14H,1H3,(H,15,16). The zero-order chi connectivity index (χ0) is 15.6. The van der Waals surface area contributed by atoms with Crippen molar-refractivity contribution in [3.63, 3.8) is 0 Å². The van der Waals surface area contributed by atoms with Gasteiger partial charge < -0.3 is 9.84 Å². The summed E-state index contributed by atoms with van der Waals surface area (Å²) in [5.74, 6) is -0.588. The van der Waals surface area contributed by atoms with Crippen molar-refractivity contribution in [2.75, 3.05) is 11.8 Å². The first kappa shape index (κ1) is 15.8. The molecule has 0 aliphatic carbocycles. The first-order valence-corrected chi connectivity index (χ1v) is 8.67. The third kappa shape index (κ3) is 3.55. The van der Waals surface area contributed by atoms with Gasteiger partial charge in [-0.25, -0.2) is 13.2 Å². The Hall–Kier alpha value is -1.58. The van der Waals surface area contributed by atoms with E-state index in [9.17, 15) is 13.2 Å². The summed E-state index contributed by atoms with van der Waals surface area (Å²) in [4.78, 5) is 10.7. The Balaban J connectivity index is 2.28. The van der Waals surface area contributed by atoms with Crippen molar-refractivity contribution in [2.45, 2.75) is 4.90 Å². The van der Waals surface area contributed by atoms with Crippen LogP contribution in [0.3, 0.4) is 0 Å². The van der Waals surface area contributed by atoms with Crippen molar-refractivity contribution in [1.82, 2.24) is 0 Å². The van der Waals surface area contributed by atoms with Crippen molar-refractivity contribution in [1.29, 1.82) is 0 Å². The molecule has 0 atom stereocenters. The van der Waals surface area contributed by atoms with Crippen LogP contribution in [-0.2, 0) is 10.0 Å². The Morgan fingerprint density at radius 3 is 2.62 bits per heavy atom. The van der Waals surface area contributed by atoms with Crippen LogP contribution in [0.2, 0.25) is 0 Å². The highest BCUT2D eigenvalue weighted by molar-refractivity contribution is 9.10. The quantitative estimate of drug-likeness (QED) is 0.816. The van der Waals surface area contributed by atoms with Gasteiger partial charge in [-0.1, -0.05) is 0 Å². The molecule has 6 nitrogen and oxygen atoms in total. The van der Waals surface area contributed by atoms with E-state index in [4.69, 9.17) is 9.84 Å². The maximum absolute atomic E-state index is 12.2. The highest BCUT2D eigenvalue weighted by Crippen LogP contribution is 2.29. The zero-order valence-electron chi connectivity index (χ0n) is 10.7. The number of hydrogen-bond acceptors (Lipinski definition) is 5. The Labute approximate surface area is 133 Å². The van der Waals surface area contributed by atoms with Crippen molar-refractivity contribution in [3.8, 4) is 5.75 Å². The van der Waals surface area contributed by atoms with Gasteiger partial charge in [-0.15, -0.1) is 11.3 Å². The number of sulfonamides is 1. The lowest BCUT2D eigenvalue weighted by molar-refractivity contribution is 0.0702. The van der Waals surface area contributed by atoms with E-state index >= 15 is 0 Å². The number of anilines is 1. The maximum Gasteiger partial charge on any atom is 0.345 e. The van der Waals surface area contributed by atoms with Crippen LogP contribution in [0.4, 0.5) is 5.69 Å².